The maximum atomic E-state index is 5.50. The molecule has 0 aromatic carbocycles. The fourth-order valence-corrected chi connectivity index (χ4v) is 3.32. The first-order valence-electron chi connectivity index (χ1n) is 6.51. The van der Waals surface area contributed by atoms with Gasteiger partial charge in [0.05, 0.1) is 5.60 Å². The second kappa shape index (κ2) is 7.63. The molecule has 0 spiro atoms. The highest BCUT2D eigenvalue weighted by Gasteiger charge is 2.20. The van der Waals surface area contributed by atoms with Crippen molar-refractivity contribution in [3.05, 3.63) is 20.8 Å². The minimum absolute atomic E-state index is 0.0410. The maximum Gasteiger partial charge on any atom is 0.0623 e. The van der Waals surface area contributed by atoms with Crippen molar-refractivity contribution in [1.29, 1.82) is 0 Å². The Hall–Kier alpha value is 0.1000. The van der Waals surface area contributed by atoms with Crippen LogP contribution >= 0.6 is 27.3 Å². The Bertz CT molecular complexity index is 351. The zero-order valence-corrected chi connectivity index (χ0v) is 14.2. The number of halogens is 1. The molecule has 0 aliphatic rings. The standard InChI is InChI=1S/C14H24BrNOS/c1-5-8-16-12(6-7-14(2,3)17-4)13-9-11(15)10-18-13/h9-10,12,16H,5-8H2,1-4H3. The molecule has 18 heavy (non-hydrogen) atoms. The minimum Gasteiger partial charge on any atom is -0.379 e. The number of rotatable bonds is 8. The van der Waals surface area contributed by atoms with Crippen LogP contribution in [0.3, 0.4) is 0 Å². The van der Waals surface area contributed by atoms with Crippen molar-refractivity contribution in [2.75, 3.05) is 13.7 Å². The highest BCUT2D eigenvalue weighted by molar-refractivity contribution is 9.10. The fourth-order valence-electron chi connectivity index (χ4n) is 1.77. The predicted molar refractivity (Wildman–Crippen MR) is 83.4 cm³/mol. The monoisotopic (exact) mass is 333 g/mol. The van der Waals surface area contributed by atoms with Gasteiger partial charge >= 0.3 is 0 Å². The summed E-state index contributed by atoms with van der Waals surface area (Å²) in [6, 6.07) is 2.66. The summed E-state index contributed by atoms with van der Waals surface area (Å²) in [5.74, 6) is 0. The molecule has 0 aliphatic carbocycles. The van der Waals surface area contributed by atoms with Crippen LogP contribution in [0.4, 0.5) is 0 Å². The number of ether oxygens (including phenoxy) is 1. The van der Waals surface area contributed by atoms with Gasteiger partial charge in [-0.05, 0) is 61.7 Å². The van der Waals surface area contributed by atoms with Crippen LogP contribution < -0.4 is 5.32 Å². The largest absolute Gasteiger partial charge is 0.379 e. The molecular formula is C14H24BrNOS. The predicted octanol–water partition coefficient (Wildman–Crippen LogP) is 4.76. The third-order valence-electron chi connectivity index (χ3n) is 3.16. The van der Waals surface area contributed by atoms with Crippen LogP contribution in [0.5, 0.6) is 0 Å². The second-order valence-corrected chi connectivity index (χ2v) is 7.03. The molecule has 4 heteroatoms. The summed E-state index contributed by atoms with van der Waals surface area (Å²) in [5.41, 5.74) is -0.0410. The van der Waals surface area contributed by atoms with E-state index in [2.05, 4.69) is 53.5 Å². The lowest BCUT2D eigenvalue weighted by Gasteiger charge is -2.26. The van der Waals surface area contributed by atoms with Gasteiger partial charge in [0.1, 0.15) is 0 Å². The Morgan fingerprint density at radius 1 is 1.50 bits per heavy atom. The normalized spacial score (nSPS) is 13.8. The summed E-state index contributed by atoms with van der Waals surface area (Å²) in [4.78, 5) is 1.40. The van der Waals surface area contributed by atoms with Crippen molar-refractivity contribution in [1.82, 2.24) is 5.32 Å². The third kappa shape index (κ3) is 5.39. The van der Waals surface area contributed by atoms with Crippen LogP contribution in [0.1, 0.15) is 51.0 Å². The lowest BCUT2D eigenvalue weighted by atomic mass is 9.98. The second-order valence-electron chi connectivity index (χ2n) is 5.18. The lowest BCUT2D eigenvalue weighted by molar-refractivity contribution is 0.0117. The van der Waals surface area contributed by atoms with E-state index in [1.807, 2.05) is 11.3 Å². The van der Waals surface area contributed by atoms with E-state index in [0.29, 0.717) is 6.04 Å². The van der Waals surface area contributed by atoms with Crippen molar-refractivity contribution in [2.24, 2.45) is 0 Å². The van der Waals surface area contributed by atoms with Gasteiger partial charge in [-0.15, -0.1) is 11.3 Å². The van der Waals surface area contributed by atoms with Gasteiger partial charge < -0.3 is 10.1 Å². The van der Waals surface area contributed by atoms with E-state index < -0.39 is 0 Å². The molecule has 0 bridgehead atoms. The number of methoxy groups -OCH3 is 1. The van der Waals surface area contributed by atoms with Gasteiger partial charge in [0.25, 0.3) is 0 Å². The van der Waals surface area contributed by atoms with E-state index in [1.54, 1.807) is 7.11 Å². The summed E-state index contributed by atoms with van der Waals surface area (Å²) in [5, 5.41) is 5.78. The van der Waals surface area contributed by atoms with E-state index in [4.69, 9.17) is 4.74 Å². The summed E-state index contributed by atoms with van der Waals surface area (Å²) in [7, 11) is 1.79. The summed E-state index contributed by atoms with van der Waals surface area (Å²) >= 11 is 5.35. The number of hydrogen-bond acceptors (Lipinski definition) is 3. The zero-order chi connectivity index (χ0) is 13.6. The average molecular weight is 334 g/mol. The fraction of sp³-hybridized carbons (Fsp3) is 0.714. The van der Waals surface area contributed by atoms with Crippen molar-refractivity contribution >= 4 is 27.3 Å². The number of hydrogen-bond donors (Lipinski definition) is 1. The molecule has 1 N–H and O–H groups in total. The molecule has 0 aliphatic heterocycles. The van der Waals surface area contributed by atoms with E-state index in [-0.39, 0.29) is 5.60 Å². The van der Waals surface area contributed by atoms with Gasteiger partial charge in [-0.25, -0.2) is 0 Å². The molecule has 104 valence electrons. The van der Waals surface area contributed by atoms with Crippen LogP contribution in [0.25, 0.3) is 0 Å². The first kappa shape index (κ1) is 16.2. The lowest BCUT2D eigenvalue weighted by Crippen LogP contribution is -2.27. The topological polar surface area (TPSA) is 21.3 Å². The molecule has 1 heterocycles. The highest BCUT2D eigenvalue weighted by atomic mass is 79.9. The maximum absolute atomic E-state index is 5.50. The van der Waals surface area contributed by atoms with Crippen molar-refractivity contribution in [3.8, 4) is 0 Å². The minimum atomic E-state index is -0.0410. The smallest absolute Gasteiger partial charge is 0.0623 e. The van der Waals surface area contributed by atoms with Gasteiger partial charge in [-0.2, -0.15) is 0 Å². The molecule has 0 radical (unpaired) electrons. The van der Waals surface area contributed by atoms with Crippen LogP contribution in [0.2, 0.25) is 0 Å². The van der Waals surface area contributed by atoms with Gasteiger partial charge in [0.15, 0.2) is 0 Å². The highest BCUT2D eigenvalue weighted by Crippen LogP contribution is 2.30. The Balaban J connectivity index is 2.61. The molecule has 0 saturated carbocycles. The Morgan fingerprint density at radius 3 is 2.72 bits per heavy atom. The van der Waals surface area contributed by atoms with Gasteiger partial charge in [-0.3, -0.25) is 0 Å². The van der Waals surface area contributed by atoms with Crippen LogP contribution in [-0.4, -0.2) is 19.3 Å². The third-order valence-corrected chi connectivity index (χ3v) is 4.97. The summed E-state index contributed by atoms with van der Waals surface area (Å²) in [6.07, 6.45) is 3.32. The van der Waals surface area contributed by atoms with Gasteiger partial charge in [0.2, 0.25) is 0 Å². The SMILES string of the molecule is CCCNC(CCC(C)(C)OC)c1cc(Br)cs1. The molecule has 1 aromatic rings. The van der Waals surface area contributed by atoms with E-state index in [0.717, 1.165) is 25.8 Å². The first-order valence-corrected chi connectivity index (χ1v) is 8.18. The number of thiophene rings is 1. The Labute approximate surface area is 123 Å². The first-order chi connectivity index (χ1) is 8.48. The Morgan fingerprint density at radius 2 is 2.22 bits per heavy atom. The summed E-state index contributed by atoms with van der Waals surface area (Å²) < 4.78 is 6.68. The zero-order valence-electron chi connectivity index (χ0n) is 11.8. The van der Waals surface area contributed by atoms with Gasteiger partial charge in [-0.1, -0.05) is 6.92 Å². The quantitative estimate of drug-likeness (QED) is 0.740. The molecular weight excluding hydrogens is 310 g/mol. The van der Waals surface area contributed by atoms with E-state index in [1.165, 1.54) is 9.35 Å². The number of nitrogens with one attached hydrogen (secondary N) is 1. The molecule has 1 atom stereocenters. The molecule has 1 unspecified atom stereocenters. The molecule has 0 fully saturated rings. The summed E-state index contributed by atoms with van der Waals surface area (Å²) in [6.45, 7) is 7.56. The molecule has 0 saturated heterocycles. The van der Waals surface area contributed by atoms with E-state index >= 15 is 0 Å². The van der Waals surface area contributed by atoms with Crippen molar-refractivity contribution < 1.29 is 4.74 Å². The van der Waals surface area contributed by atoms with Gasteiger partial charge in [0, 0.05) is 27.9 Å². The van der Waals surface area contributed by atoms with Crippen LogP contribution in [0, 0.1) is 0 Å². The van der Waals surface area contributed by atoms with Crippen molar-refractivity contribution in [3.63, 3.8) is 0 Å². The van der Waals surface area contributed by atoms with Crippen LogP contribution in [-0.2, 0) is 4.74 Å². The van der Waals surface area contributed by atoms with Crippen LogP contribution in [0.15, 0.2) is 15.9 Å². The molecule has 2 nitrogen and oxygen atoms in total. The Kier molecular flexibility index (Phi) is 6.85. The molecule has 0 amide bonds. The average Bonchev–Trinajstić information content (AvgIpc) is 2.76. The molecule has 1 aromatic heterocycles. The molecule has 1 rings (SSSR count). The van der Waals surface area contributed by atoms with E-state index in [9.17, 15) is 0 Å². The van der Waals surface area contributed by atoms with Crippen molar-refractivity contribution in [2.45, 2.75) is 51.7 Å².